The van der Waals surface area contributed by atoms with Crippen LogP contribution in [-0.4, -0.2) is 9.97 Å². The maximum absolute atomic E-state index is 5.87. The topological polar surface area (TPSA) is 38.9 Å². The van der Waals surface area contributed by atoms with Gasteiger partial charge in [-0.25, -0.2) is 9.97 Å². The van der Waals surface area contributed by atoms with Gasteiger partial charge in [-0.05, 0) is 12.5 Å². The van der Waals surface area contributed by atoms with Crippen LogP contribution in [-0.2, 0) is 0 Å². The van der Waals surface area contributed by atoms with Gasteiger partial charge in [0.15, 0.2) is 11.7 Å². The van der Waals surface area contributed by atoms with Crippen molar-refractivity contribution >= 4 is 11.3 Å². The highest BCUT2D eigenvalue weighted by molar-refractivity contribution is 7.13. The lowest BCUT2D eigenvalue weighted by molar-refractivity contribution is 0.462. The smallest absolute Gasteiger partial charge is 0.197 e. The molecule has 0 saturated heterocycles. The van der Waals surface area contributed by atoms with Gasteiger partial charge in [0.2, 0.25) is 0 Å². The molecular formula is C16H16N2OS. The van der Waals surface area contributed by atoms with E-state index in [1.165, 1.54) is 0 Å². The van der Waals surface area contributed by atoms with Crippen molar-refractivity contribution in [2.24, 2.45) is 0 Å². The monoisotopic (exact) mass is 284 g/mol. The highest BCUT2D eigenvalue weighted by Crippen LogP contribution is 2.29. The Morgan fingerprint density at radius 3 is 2.85 bits per heavy atom. The average Bonchev–Trinajstić information content (AvgIpc) is 3.18. The minimum Gasteiger partial charge on any atom is -0.440 e. The van der Waals surface area contributed by atoms with E-state index >= 15 is 0 Å². The molecule has 4 heteroatoms. The molecule has 1 atom stereocenters. The Morgan fingerprint density at radius 1 is 1.25 bits per heavy atom. The van der Waals surface area contributed by atoms with Crippen molar-refractivity contribution < 1.29 is 4.42 Å². The Balaban J connectivity index is 1.94. The molecule has 0 aliphatic carbocycles. The molecule has 3 rings (SSSR count). The Hall–Kier alpha value is -1.94. The standard InChI is InChI=1S/C16H16N2OS/c1-3-11(2)15-18-10-14(19-15)12-5-4-6-13(9-12)16-17-7-8-20-16/h4-11H,3H2,1-2H3. The fraction of sp³-hybridized carbons (Fsp3) is 0.250. The van der Waals surface area contributed by atoms with E-state index in [2.05, 4.69) is 35.9 Å². The van der Waals surface area contributed by atoms with E-state index < -0.39 is 0 Å². The fourth-order valence-electron chi connectivity index (χ4n) is 2.00. The maximum Gasteiger partial charge on any atom is 0.197 e. The molecule has 2 heterocycles. The van der Waals surface area contributed by atoms with Gasteiger partial charge in [-0.2, -0.15) is 0 Å². The molecule has 1 aromatic carbocycles. The Labute approximate surface area is 122 Å². The summed E-state index contributed by atoms with van der Waals surface area (Å²) < 4.78 is 5.87. The lowest BCUT2D eigenvalue weighted by Crippen LogP contribution is -1.89. The maximum atomic E-state index is 5.87. The number of hydrogen-bond donors (Lipinski definition) is 0. The molecule has 0 radical (unpaired) electrons. The van der Waals surface area contributed by atoms with Crippen LogP contribution in [0.3, 0.4) is 0 Å². The van der Waals surface area contributed by atoms with Crippen LogP contribution in [0.2, 0.25) is 0 Å². The van der Waals surface area contributed by atoms with Crippen LogP contribution < -0.4 is 0 Å². The van der Waals surface area contributed by atoms with Crippen LogP contribution in [0.4, 0.5) is 0 Å². The number of benzene rings is 1. The first kappa shape index (κ1) is 13.1. The summed E-state index contributed by atoms with van der Waals surface area (Å²) in [6, 6.07) is 8.23. The highest BCUT2D eigenvalue weighted by Gasteiger charge is 2.12. The van der Waals surface area contributed by atoms with E-state index in [0.717, 1.165) is 34.2 Å². The van der Waals surface area contributed by atoms with Crippen LogP contribution in [0, 0.1) is 0 Å². The van der Waals surface area contributed by atoms with Crippen LogP contribution in [0.5, 0.6) is 0 Å². The number of nitrogens with zero attached hydrogens (tertiary/aromatic N) is 2. The van der Waals surface area contributed by atoms with Crippen LogP contribution in [0.1, 0.15) is 32.1 Å². The van der Waals surface area contributed by atoms with Gasteiger partial charge in [-0.1, -0.05) is 32.0 Å². The lowest BCUT2D eigenvalue weighted by atomic mass is 10.1. The summed E-state index contributed by atoms with van der Waals surface area (Å²) >= 11 is 1.64. The van der Waals surface area contributed by atoms with Crippen molar-refractivity contribution in [3.63, 3.8) is 0 Å². The van der Waals surface area contributed by atoms with Gasteiger partial charge in [0, 0.05) is 28.6 Å². The summed E-state index contributed by atoms with van der Waals surface area (Å²) in [5, 5.41) is 3.01. The van der Waals surface area contributed by atoms with Gasteiger partial charge >= 0.3 is 0 Å². The quantitative estimate of drug-likeness (QED) is 0.678. The molecule has 0 saturated carbocycles. The Bertz CT molecular complexity index is 688. The molecule has 0 aliphatic rings. The SMILES string of the molecule is CCC(C)c1ncc(-c2cccc(-c3nccs3)c2)o1. The van der Waals surface area contributed by atoms with Crippen LogP contribution in [0.15, 0.2) is 46.5 Å². The zero-order chi connectivity index (χ0) is 13.9. The first-order chi connectivity index (χ1) is 9.78. The summed E-state index contributed by atoms with van der Waals surface area (Å²) in [6.45, 7) is 4.26. The van der Waals surface area contributed by atoms with E-state index in [9.17, 15) is 0 Å². The summed E-state index contributed by atoms with van der Waals surface area (Å²) in [4.78, 5) is 8.72. The zero-order valence-electron chi connectivity index (χ0n) is 11.5. The predicted molar refractivity (Wildman–Crippen MR) is 81.8 cm³/mol. The van der Waals surface area contributed by atoms with Crippen LogP contribution >= 0.6 is 11.3 Å². The number of oxazole rings is 1. The van der Waals surface area contributed by atoms with Crippen molar-refractivity contribution in [1.82, 2.24) is 9.97 Å². The second-order valence-electron chi connectivity index (χ2n) is 4.79. The summed E-state index contributed by atoms with van der Waals surface area (Å²) in [5.74, 6) is 1.98. The molecular weight excluding hydrogens is 268 g/mol. The van der Waals surface area contributed by atoms with Gasteiger partial charge in [-0.3, -0.25) is 0 Å². The molecule has 0 aliphatic heterocycles. The van der Waals surface area contributed by atoms with E-state index in [1.54, 1.807) is 11.3 Å². The molecule has 102 valence electrons. The largest absolute Gasteiger partial charge is 0.440 e. The molecule has 1 unspecified atom stereocenters. The summed E-state index contributed by atoms with van der Waals surface area (Å²) in [7, 11) is 0. The molecule has 0 amide bonds. The zero-order valence-corrected chi connectivity index (χ0v) is 12.4. The summed E-state index contributed by atoms with van der Waals surface area (Å²) in [5.41, 5.74) is 2.15. The fourth-order valence-corrected chi connectivity index (χ4v) is 2.63. The molecule has 3 nitrogen and oxygen atoms in total. The third-order valence-electron chi connectivity index (χ3n) is 3.38. The Kier molecular flexibility index (Phi) is 3.65. The van der Waals surface area contributed by atoms with Gasteiger partial charge in [0.05, 0.1) is 6.20 Å². The van der Waals surface area contributed by atoms with Gasteiger partial charge < -0.3 is 4.42 Å². The van der Waals surface area contributed by atoms with Crippen LogP contribution in [0.25, 0.3) is 21.9 Å². The molecule has 3 aromatic rings. The molecule has 0 bridgehead atoms. The van der Waals surface area contributed by atoms with Crippen molar-refractivity contribution in [3.8, 4) is 21.9 Å². The van der Waals surface area contributed by atoms with E-state index in [1.807, 2.05) is 29.9 Å². The first-order valence-corrected chi connectivity index (χ1v) is 7.62. The van der Waals surface area contributed by atoms with Gasteiger partial charge in [-0.15, -0.1) is 11.3 Å². The first-order valence-electron chi connectivity index (χ1n) is 6.74. The minimum absolute atomic E-state index is 0.353. The van der Waals surface area contributed by atoms with Crippen molar-refractivity contribution in [1.29, 1.82) is 0 Å². The molecule has 2 aromatic heterocycles. The molecule has 20 heavy (non-hydrogen) atoms. The number of hydrogen-bond acceptors (Lipinski definition) is 4. The van der Waals surface area contributed by atoms with E-state index in [4.69, 9.17) is 4.42 Å². The van der Waals surface area contributed by atoms with Crippen molar-refractivity contribution in [2.45, 2.75) is 26.2 Å². The normalized spacial score (nSPS) is 12.5. The van der Waals surface area contributed by atoms with E-state index in [0.29, 0.717) is 5.92 Å². The van der Waals surface area contributed by atoms with Gasteiger partial charge in [0.25, 0.3) is 0 Å². The number of aromatic nitrogens is 2. The van der Waals surface area contributed by atoms with Gasteiger partial charge in [0.1, 0.15) is 5.01 Å². The third kappa shape index (κ3) is 2.51. The van der Waals surface area contributed by atoms with Crippen molar-refractivity contribution in [3.05, 3.63) is 47.9 Å². The second-order valence-corrected chi connectivity index (χ2v) is 5.68. The van der Waals surface area contributed by atoms with E-state index in [-0.39, 0.29) is 0 Å². The lowest BCUT2D eigenvalue weighted by Gasteiger charge is -2.02. The Morgan fingerprint density at radius 2 is 2.10 bits per heavy atom. The molecule has 0 spiro atoms. The average molecular weight is 284 g/mol. The second kappa shape index (κ2) is 5.59. The molecule has 0 fully saturated rings. The third-order valence-corrected chi connectivity index (χ3v) is 4.21. The minimum atomic E-state index is 0.353. The summed E-state index contributed by atoms with van der Waals surface area (Å²) in [6.07, 6.45) is 4.66. The van der Waals surface area contributed by atoms with Crippen molar-refractivity contribution in [2.75, 3.05) is 0 Å². The molecule has 0 N–H and O–H groups in total. The number of thiazole rings is 1. The number of rotatable bonds is 4. The predicted octanol–water partition coefficient (Wildman–Crippen LogP) is 4.98. The highest BCUT2D eigenvalue weighted by atomic mass is 32.1.